The van der Waals surface area contributed by atoms with Crippen molar-refractivity contribution in [2.24, 2.45) is 0 Å². The molecule has 1 aromatic carbocycles. The zero-order chi connectivity index (χ0) is 19.5. The molecule has 5 rings (SSSR count). The van der Waals surface area contributed by atoms with Crippen LogP contribution in [0.1, 0.15) is 37.4 Å². The fraction of sp³-hybridized carbons (Fsp3) is 0.429. The van der Waals surface area contributed by atoms with Crippen LogP contribution in [0.15, 0.2) is 48.9 Å². The standard InChI is InChI=1S/C21H23N3O4/c1-12-14-9-10-24(19(14)23-11-22-12)20-18-17(27-21(2,3)28-18)16(26-20)15(25)13-7-5-4-6-8-13/h4-11,15-18,20,25H,1-3H3/t15-,16+,17-,18?,20-/m1/s1. The fourth-order valence-corrected chi connectivity index (χ4v) is 4.23. The van der Waals surface area contributed by atoms with E-state index in [0.717, 1.165) is 22.3 Å². The minimum atomic E-state index is -0.825. The van der Waals surface area contributed by atoms with Crippen molar-refractivity contribution in [1.29, 1.82) is 0 Å². The minimum absolute atomic E-state index is 0.357. The summed E-state index contributed by atoms with van der Waals surface area (Å²) in [5, 5.41) is 12.0. The van der Waals surface area contributed by atoms with Gasteiger partial charge in [0.25, 0.3) is 0 Å². The van der Waals surface area contributed by atoms with Crippen LogP contribution in [0, 0.1) is 6.92 Å². The first-order valence-corrected chi connectivity index (χ1v) is 9.47. The molecule has 1 N–H and O–H groups in total. The van der Waals surface area contributed by atoms with Crippen LogP contribution in [0.5, 0.6) is 0 Å². The second-order valence-electron chi connectivity index (χ2n) is 7.83. The van der Waals surface area contributed by atoms with Gasteiger partial charge in [-0.05, 0) is 32.4 Å². The highest BCUT2D eigenvalue weighted by molar-refractivity contribution is 5.78. The van der Waals surface area contributed by atoms with E-state index in [1.54, 1.807) is 6.33 Å². The molecule has 3 aromatic rings. The van der Waals surface area contributed by atoms with Crippen molar-refractivity contribution in [2.75, 3.05) is 0 Å². The molecule has 0 radical (unpaired) electrons. The highest BCUT2D eigenvalue weighted by Gasteiger charge is 2.57. The van der Waals surface area contributed by atoms with E-state index in [0.29, 0.717) is 0 Å². The topological polar surface area (TPSA) is 78.6 Å². The molecular formula is C21H23N3O4. The first-order valence-electron chi connectivity index (χ1n) is 9.47. The van der Waals surface area contributed by atoms with Gasteiger partial charge in [0.2, 0.25) is 0 Å². The van der Waals surface area contributed by atoms with Crippen molar-refractivity contribution >= 4 is 11.0 Å². The lowest BCUT2D eigenvalue weighted by Gasteiger charge is -2.27. The normalized spacial score (nSPS) is 29.9. The van der Waals surface area contributed by atoms with Gasteiger partial charge in [0.1, 0.15) is 36.4 Å². The Bertz CT molecular complexity index is 1000. The summed E-state index contributed by atoms with van der Waals surface area (Å²) in [4.78, 5) is 8.70. The van der Waals surface area contributed by atoms with Crippen LogP contribution in [0.3, 0.4) is 0 Å². The van der Waals surface area contributed by atoms with E-state index >= 15 is 0 Å². The zero-order valence-corrected chi connectivity index (χ0v) is 16.0. The number of fused-ring (bicyclic) bond motifs is 2. The van der Waals surface area contributed by atoms with Crippen LogP contribution in [-0.4, -0.2) is 43.7 Å². The summed E-state index contributed by atoms with van der Waals surface area (Å²) in [5.74, 6) is -0.750. The Morgan fingerprint density at radius 1 is 1.07 bits per heavy atom. The van der Waals surface area contributed by atoms with Crippen molar-refractivity contribution in [1.82, 2.24) is 14.5 Å². The summed E-state index contributed by atoms with van der Waals surface area (Å²) in [6.45, 7) is 5.72. The molecule has 146 valence electrons. The van der Waals surface area contributed by atoms with Crippen LogP contribution in [0.4, 0.5) is 0 Å². The molecule has 2 fully saturated rings. The lowest BCUT2D eigenvalue weighted by molar-refractivity contribution is -0.207. The van der Waals surface area contributed by atoms with Gasteiger partial charge in [-0.15, -0.1) is 0 Å². The summed E-state index contributed by atoms with van der Waals surface area (Å²) in [5.41, 5.74) is 2.47. The van der Waals surface area contributed by atoms with Gasteiger partial charge in [-0.2, -0.15) is 0 Å². The fourth-order valence-electron chi connectivity index (χ4n) is 4.23. The molecule has 2 aromatic heterocycles. The van der Waals surface area contributed by atoms with Gasteiger partial charge in [0.05, 0.1) is 5.69 Å². The number of aryl methyl sites for hydroxylation is 1. The van der Waals surface area contributed by atoms with Gasteiger partial charge < -0.3 is 23.9 Å². The maximum Gasteiger partial charge on any atom is 0.164 e. The molecule has 0 saturated carbocycles. The Balaban J connectivity index is 1.55. The predicted octanol–water partition coefficient (Wildman–Crippen LogP) is 2.89. The van der Waals surface area contributed by atoms with Gasteiger partial charge in [-0.25, -0.2) is 9.97 Å². The average molecular weight is 381 g/mol. The van der Waals surface area contributed by atoms with Crippen LogP contribution < -0.4 is 0 Å². The Kier molecular flexibility index (Phi) is 4.03. The number of aliphatic hydroxyl groups excluding tert-OH is 1. The molecule has 0 spiro atoms. The van der Waals surface area contributed by atoms with E-state index in [1.807, 2.05) is 67.9 Å². The smallest absolute Gasteiger partial charge is 0.164 e. The van der Waals surface area contributed by atoms with Crippen molar-refractivity contribution in [2.45, 2.75) is 57.2 Å². The maximum absolute atomic E-state index is 11.0. The molecule has 28 heavy (non-hydrogen) atoms. The Labute approximate surface area is 162 Å². The molecular weight excluding hydrogens is 358 g/mol. The molecule has 2 saturated heterocycles. The molecule has 0 amide bonds. The number of ether oxygens (including phenoxy) is 3. The Morgan fingerprint density at radius 3 is 2.61 bits per heavy atom. The van der Waals surface area contributed by atoms with E-state index in [9.17, 15) is 5.11 Å². The van der Waals surface area contributed by atoms with Crippen LogP contribution in [0.2, 0.25) is 0 Å². The third-order valence-electron chi connectivity index (χ3n) is 5.50. The third kappa shape index (κ3) is 2.74. The number of aliphatic hydroxyl groups is 1. The minimum Gasteiger partial charge on any atom is -0.386 e. The van der Waals surface area contributed by atoms with Gasteiger partial charge in [-0.3, -0.25) is 0 Å². The second-order valence-corrected chi connectivity index (χ2v) is 7.83. The molecule has 1 unspecified atom stereocenters. The largest absolute Gasteiger partial charge is 0.386 e. The summed E-state index contributed by atoms with van der Waals surface area (Å²) in [6, 6.07) is 11.5. The van der Waals surface area contributed by atoms with E-state index in [1.165, 1.54) is 0 Å². The Hall–Kier alpha value is -2.32. The van der Waals surface area contributed by atoms with Crippen LogP contribution >= 0.6 is 0 Å². The van der Waals surface area contributed by atoms with Gasteiger partial charge in [0.15, 0.2) is 12.0 Å². The number of nitrogens with zero attached hydrogens (tertiary/aromatic N) is 3. The molecule has 5 atom stereocenters. The lowest BCUT2D eigenvalue weighted by Crippen LogP contribution is -2.34. The van der Waals surface area contributed by atoms with Crippen molar-refractivity contribution < 1.29 is 19.3 Å². The molecule has 7 heteroatoms. The van der Waals surface area contributed by atoms with E-state index in [2.05, 4.69) is 9.97 Å². The van der Waals surface area contributed by atoms with Gasteiger partial charge >= 0.3 is 0 Å². The first-order chi connectivity index (χ1) is 13.4. The predicted molar refractivity (Wildman–Crippen MR) is 101 cm³/mol. The zero-order valence-electron chi connectivity index (χ0n) is 16.0. The first kappa shape index (κ1) is 17.8. The third-order valence-corrected chi connectivity index (χ3v) is 5.50. The maximum atomic E-state index is 11.0. The second kappa shape index (κ2) is 6.35. The number of aromatic nitrogens is 3. The number of hydrogen-bond donors (Lipinski definition) is 1. The molecule has 7 nitrogen and oxygen atoms in total. The summed E-state index contributed by atoms with van der Waals surface area (Å²) < 4.78 is 20.6. The van der Waals surface area contributed by atoms with Crippen molar-refractivity contribution in [3.05, 3.63) is 60.2 Å². The Morgan fingerprint density at radius 2 is 1.82 bits per heavy atom. The summed E-state index contributed by atoms with van der Waals surface area (Å²) in [7, 11) is 0. The molecule has 2 aliphatic rings. The van der Waals surface area contributed by atoms with Crippen LogP contribution in [-0.2, 0) is 14.2 Å². The van der Waals surface area contributed by atoms with Crippen molar-refractivity contribution in [3.63, 3.8) is 0 Å². The highest BCUT2D eigenvalue weighted by atomic mass is 16.8. The molecule has 0 bridgehead atoms. The molecule has 4 heterocycles. The number of rotatable bonds is 3. The lowest BCUT2D eigenvalue weighted by atomic mass is 9.99. The monoisotopic (exact) mass is 381 g/mol. The summed E-state index contributed by atoms with van der Waals surface area (Å²) in [6.07, 6.45) is 0.892. The van der Waals surface area contributed by atoms with E-state index < -0.39 is 30.3 Å². The average Bonchev–Trinajstić information content (AvgIpc) is 3.33. The SMILES string of the molecule is Cc1ncnc2c1ccn2[C@@H]1O[C@@H]([C@H](O)c2ccccc2)[C@H]2OC(C)(C)OC12. The number of hydrogen-bond acceptors (Lipinski definition) is 6. The summed E-state index contributed by atoms with van der Waals surface area (Å²) >= 11 is 0. The van der Waals surface area contributed by atoms with E-state index in [4.69, 9.17) is 14.2 Å². The van der Waals surface area contributed by atoms with Crippen LogP contribution in [0.25, 0.3) is 11.0 Å². The highest BCUT2D eigenvalue weighted by Crippen LogP contribution is 2.47. The molecule has 2 aliphatic heterocycles. The van der Waals surface area contributed by atoms with Gasteiger partial charge in [0, 0.05) is 11.6 Å². The number of benzene rings is 1. The van der Waals surface area contributed by atoms with Crippen molar-refractivity contribution in [3.8, 4) is 0 Å². The van der Waals surface area contributed by atoms with E-state index in [-0.39, 0.29) is 6.10 Å². The van der Waals surface area contributed by atoms with Gasteiger partial charge in [-0.1, -0.05) is 30.3 Å². The quantitative estimate of drug-likeness (QED) is 0.752. The molecule has 0 aliphatic carbocycles.